The minimum atomic E-state index is -0.0736. The number of hydrogen-bond donors (Lipinski definition) is 1. The van der Waals surface area contributed by atoms with Gasteiger partial charge in [-0.1, -0.05) is 36.4 Å². The normalized spacial score (nSPS) is 10.2. The Labute approximate surface area is 125 Å². The first kappa shape index (κ1) is 15.1. The summed E-state index contributed by atoms with van der Waals surface area (Å²) in [5.41, 5.74) is 7.43. The third-order valence-electron chi connectivity index (χ3n) is 3.23. The number of likely N-dealkylation sites (N-methyl/N-ethyl adjacent to an activating group) is 1. The Bertz CT molecular complexity index is 584. The molecule has 0 saturated heterocycles. The predicted octanol–water partition coefficient (Wildman–Crippen LogP) is 2.58. The summed E-state index contributed by atoms with van der Waals surface area (Å²) in [6, 6.07) is 17.1. The van der Waals surface area contributed by atoms with E-state index in [9.17, 15) is 4.79 Å². The molecule has 2 N–H and O–H groups in total. The molecular formula is C17H20N2O2. The van der Waals surface area contributed by atoms with Crippen molar-refractivity contribution in [3.8, 4) is 5.75 Å². The van der Waals surface area contributed by atoms with Crippen LogP contribution in [0.3, 0.4) is 0 Å². The number of carbonyl (C=O) groups is 1. The molecule has 0 spiro atoms. The second-order valence-corrected chi connectivity index (χ2v) is 4.57. The quantitative estimate of drug-likeness (QED) is 0.887. The number of carbonyl (C=O) groups excluding carboxylic acids is 1. The highest BCUT2D eigenvalue weighted by Gasteiger charge is 2.14. The summed E-state index contributed by atoms with van der Waals surface area (Å²) < 4.78 is 5.62. The maximum absolute atomic E-state index is 12.3. The third kappa shape index (κ3) is 3.83. The number of para-hydroxylation sites is 2. The van der Waals surface area contributed by atoms with Crippen LogP contribution >= 0.6 is 0 Å². The van der Waals surface area contributed by atoms with Crippen molar-refractivity contribution in [3.05, 3.63) is 60.2 Å². The highest BCUT2D eigenvalue weighted by Crippen LogP contribution is 2.18. The zero-order valence-electron chi connectivity index (χ0n) is 12.2. The van der Waals surface area contributed by atoms with E-state index in [4.69, 9.17) is 10.5 Å². The number of anilines is 1. The van der Waals surface area contributed by atoms with Crippen LogP contribution in [-0.4, -0.2) is 19.1 Å². The van der Waals surface area contributed by atoms with Crippen LogP contribution in [0.5, 0.6) is 5.75 Å². The lowest BCUT2D eigenvalue weighted by Crippen LogP contribution is -2.34. The fourth-order valence-corrected chi connectivity index (χ4v) is 2.14. The molecule has 0 radical (unpaired) electrons. The zero-order chi connectivity index (χ0) is 15.1. The summed E-state index contributed by atoms with van der Waals surface area (Å²) in [6.07, 6.45) is 0. The summed E-state index contributed by atoms with van der Waals surface area (Å²) in [5.74, 6) is 0.591. The van der Waals surface area contributed by atoms with Crippen LogP contribution in [0.15, 0.2) is 54.6 Å². The van der Waals surface area contributed by atoms with Gasteiger partial charge < -0.3 is 15.4 Å². The number of benzene rings is 2. The molecule has 4 heteroatoms. The van der Waals surface area contributed by atoms with Gasteiger partial charge >= 0.3 is 0 Å². The molecule has 2 aromatic rings. The summed E-state index contributed by atoms with van der Waals surface area (Å²) in [6.45, 7) is 2.93. The molecule has 4 nitrogen and oxygen atoms in total. The van der Waals surface area contributed by atoms with Gasteiger partial charge in [0.2, 0.25) is 0 Å². The van der Waals surface area contributed by atoms with E-state index in [-0.39, 0.29) is 12.5 Å². The maximum Gasteiger partial charge on any atom is 0.264 e. The zero-order valence-corrected chi connectivity index (χ0v) is 12.2. The molecule has 2 rings (SSSR count). The molecule has 0 fully saturated rings. The fraction of sp³-hybridized carbons (Fsp3) is 0.235. The van der Waals surface area contributed by atoms with E-state index in [1.807, 2.05) is 61.5 Å². The molecule has 21 heavy (non-hydrogen) atoms. The lowest BCUT2D eigenvalue weighted by atomic mass is 10.2. The molecule has 0 aliphatic rings. The predicted molar refractivity (Wildman–Crippen MR) is 84.3 cm³/mol. The van der Waals surface area contributed by atoms with Gasteiger partial charge in [-0.15, -0.1) is 0 Å². The number of nitrogens with zero attached hydrogens (tertiary/aromatic N) is 1. The highest BCUT2D eigenvalue weighted by molar-refractivity contribution is 5.94. The van der Waals surface area contributed by atoms with Crippen LogP contribution in [0.25, 0.3) is 0 Å². The topological polar surface area (TPSA) is 55.6 Å². The molecule has 0 aliphatic heterocycles. The third-order valence-corrected chi connectivity index (χ3v) is 3.23. The van der Waals surface area contributed by atoms with Crippen LogP contribution in [-0.2, 0) is 11.3 Å². The van der Waals surface area contributed by atoms with Gasteiger partial charge in [0.25, 0.3) is 5.91 Å². The molecule has 0 bridgehead atoms. The monoisotopic (exact) mass is 284 g/mol. The van der Waals surface area contributed by atoms with E-state index in [1.54, 1.807) is 4.90 Å². The number of hydrogen-bond acceptors (Lipinski definition) is 3. The van der Waals surface area contributed by atoms with Crippen LogP contribution in [0.1, 0.15) is 12.5 Å². The van der Waals surface area contributed by atoms with Gasteiger partial charge in [-0.25, -0.2) is 0 Å². The number of nitrogens with two attached hydrogens (primary N) is 1. The molecule has 0 unspecified atom stereocenters. The molecular weight excluding hydrogens is 264 g/mol. The Morgan fingerprint density at radius 3 is 2.43 bits per heavy atom. The van der Waals surface area contributed by atoms with Crippen LogP contribution in [0.2, 0.25) is 0 Å². The van der Waals surface area contributed by atoms with Crippen molar-refractivity contribution in [1.82, 2.24) is 0 Å². The van der Waals surface area contributed by atoms with E-state index < -0.39 is 0 Å². The van der Waals surface area contributed by atoms with E-state index in [0.717, 1.165) is 11.3 Å². The minimum absolute atomic E-state index is 0.000250. The average Bonchev–Trinajstić information content (AvgIpc) is 2.55. The van der Waals surface area contributed by atoms with Gasteiger partial charge in [0.15, 0.2) is 6.61 Å². The van der Waals surface area contributed by atoms with E-state index >= 15 is 0 Å². The van der Waals surface area contributed by atoms with Crippen molar-refractivity contribution in [1.29, 1.82) is 0 Å². The maximum atomic E-state index is 12.3. The second kappa shape index (κ2) is 7.45. The lowest BCUT2D eigenvalue weighted by Gasteiger charge is -2.21. The summed E-state index contributed by atoms with van der Waals surface area (Å²) in [7, 11) is 0. The first-order valence-corrected chi connectivity index (χ1v) is 7.02. The van der Waals surface area contributed by atoms with Gasteiger partial charge in [-0.05, 0) is 25.1 Å². The van der Waals surface area contributed by atoms with Crippen LogP contribution in [0.4, 0.5) is 5.69 Å². The van der Waals surface area contributed by atoms with E-state index in [2.05, 4.69) is 0 Å². The van der Waals surface area contributed by atoms with Gasteiger partial charge in [0.1, 0.15) is 5.75 Å². The van der Waals surface area contributed by atoms with Gasteiger partial charge in [-0.3, -0.25) is 4.79 Å². The minimum Gasteiger partial charge on any atom is -0.483 e. The molecule has 0 aliphatic carbocycles. The Kier molecular flexibility index (Phi) is 5.35. The Balaban J connectivity index is 2.03. The van der Waals surface area contributed by atoms with Gasteiger partial charge in [-0.2, -0.15) is 0 Å². The van der Waals surface area contributed by atoms with Crippen molar-refractivity contribution in [3.63, 3.8) is 0 Å². The number of rotatable bonds is 6. The van der Waals surface area contributed by atoms with Gasteiger partial charge in [0.05, 0.1) is 0 Å². The molecule has 0 heterocycles. The number of ether oxygens (including phenoxy) is 1. The molecule has 0 atom stereocenters. The van der Waals surface area contributed by atoms with Crippen molar-refractivity contribution < 1.29 is 9.53 Å². The van der Waals surface area contributed by atoms with Crippen LogP contribution in [0, 0.1) is 0 Å². The number of amides is 1. The Morgan fingerprint density at radius 2 is 1.76 bits per heavy atom. The molecule has 0 aromatic heterocycles. The lowest BCUT2D eigenvalue weighted by molar-refractivity contribution is -0.120. The van der Waals surface area contributed by atoms with Crippen molar-refractivity contribution in [2.75, 3.05) is 18.1 Å². The Morgan fingerprint density at radius 1 is 1.10 bits per heavy atom. The first-order chi connectivity index (χ1) is 10.3. The standard InChI is InChI=1S/C17H20N2O2/c1-2-19(15-9-4-3-5-10-15)17(20)13-21-16-11-7-6-8-14(16)12-18/h3-11H,2,12-13,18H2,1H3. The SMILES string of the molecule is CCN(C(=O)COc1ccccc1CN)c1ccccc1. The molecule has 0 saturated carbocycles. The second-order valence-electron chi connectivity index (χ2n) is 4.57. The largest absolute Gasteiger partial charge is 0.483 e. The molecule has 2 aromatic carbocycles. The Hall–Kier alpha value is -2.33. The smallest absolute Gasteiger partial charge is 0.264 e. The van der Waals surface area contributed by atoms with Crippen molar-refractivity contribution in [2.24, 2.45) is 5.73 Å². The summed E-state index contributed by atoms with van der Waals surface area (Å²) >= 11 is 0. The van der Waals surface area contributed by atoms with Crippen LogP contribution < -0.4 is 15.4 Å². The summed E-state index contributed by atoms with van der Waals surface area (Å²) in [4.78, 5) is 14.0. The fourth-order valence-electron chi connectivity index (χ4n) is 2.14. The average molecular weight is 284 g/mol. The van der Waals surface area contributed by atoms with E-state index in [0.29, 0.717) is 18.8 Å². The molecule has 1 amide bonds. The van der Waals surface area contributed by atoms with Crippen molar-refractivity contribution >= 4 is 11.6 Å². The van der Waals surface area contributed by atoms with E-state index in [1.165, 1.54) is 0 Å². The van der Waals surface area contributed by atoms with Gasteiger partial charge in [0, 0.05) is 24.3 Å². The molecule has 110 valence electrons. The highest BCUT2D eigenvalue weighted by atomic mass is 16.5. The van der Waals surface area contributed by atoms with Crippen molar-refractivity contribution in [2.45, 2.75) is 13.5 Å². The first-order valence-electron chi connectivity index (χ1n) is 7.02. The summed E-state index contributed by atoms with van der Waals surface area (Å²) in [5, 5.41) is 0.